The van der Waals surface area contributed by atoms with Gasteiger partial charge in [-0.3, -0.25) is 24.4 Å². The van der Waals surface area contributed by atoms with Crippen LogP contribution >= 0.6 is 35.0 Å². The highest BCUT2D eigenvalue weighted by Gasteiger charge is 2.53. The zero-order chi connectivity index (χ0) is 44.6. The molecule has 15 heteroatoms. The van der Waals surface area contributed by atoms with Crippen molar-refractivity contribution in [3.63, 3.8) is 0 Å². The second-order valence-corrected chi connectivity index (χ2v) is 20.5. The van der Waals surface area contributed by atoms with Crippen molar-refractivity contribution in [3.05, 3.63) is 75.8 Å². The number of carbonyl (C=O) groups is 2. The van der Waals surface area contributed by atoms with Gasteiger partial charge in [-0.25, -0.2) is 10.9 Å². The Morgan fingerprint density at radius 2 is 1.76 bits per heavy atom. The first-order valence-electron chi connectivity index (χ1n) is 23.1. The second-order valence-electron chi connectivity index (χ2n) is 18.1. The van der Waals surface area contributed by atoms with Gasteiger partial charge < -0.3 is 20.1 Å². The largest absolute Gasteiger partial charge is 0.490 e. The summed E-state index contributed by atoms with van der Waals surface area (Å²) in [4.78, 5) is 37.2. The van der Waals surface area contributed by atoms with Gasteiger partial charge in [0.15, 0.2) is 0 Å². The molecular weight excluding hydrogens is 856 g/mol. The van der Waals surface area contributed by atoms with Gasteiger partial charge in [-0.2, -0.15) is 5.26 Å². The number of nitrogens with one attached hydrogen (secondary N) is 4. The molecule has 1 saturated carbocycles. The maximum absolute atomic E-state index is 13.5. The van der Waals surface area contributed by atoms with Gasteiger partial charge in [0.2, 0.25) is 11.8 Å². The van der Waals surface area contributed by atoms with Gasteiger partial charge in [0.25, 0.3) is 0 Å². The monoisotopic (exact) mass is 920 g/mol. The van der Waals surface area contributed by atoms with Gasteiger partial charge in [0.1, 0.15) is 11.8 Å². The summed E-state index contributed by atoms with van der Waals surface area (Å²) < 4.78 is 12.5. The average Bonchev–Trinajstić information content (AvgIpc) is 3.76. The molecule has 0 spiro atoms. The number of rotatable bonds is 16. The van der Waals surface area contributed by atoms with Crippen LogP contribution < -0.4 is 26.2 Å². The lowest BCUT2D eigenvalue weighted by Crippen LogP contribution is -2.51. The smallest absolute Gasteiger partial charge is 0.223 e. The fraction of sp³-hybridized carbons (Fsp3) is 0.625. The fourth-order valence-electron chi connectivity index (χ4n) is 10.0. The highest BCUT2D eigenvalue weighted by Crippen LogP contribution is 2.49. The molecule has 0 bridgehead atoms. The quantitative estimate of drug-likeness (QED) is 0.0979. The third kappa shape index (κ3) is 12.0. The van der Waals surface area contributed by atoms with Crippen LogP contribution in [0.4, 0.5) is 0 Å². The highest BCUT2D eigenvalue weighted by molar-refractivity contribution is 8.00. The number of allylic oxidation sites excluding steroid dienone is 1. The highest BCUT2D eigenvalue weighted by atomic mass is 35.5. The fourth-order valence-corrected chi connectivity index (χ4v) is 12.2. The van der Waals surface area contributed by atoms with E-state index in [0.29, 0.717) is 45.7 Å². The molecule has 2 aromatic rings. The van der Waals surface area contributed by atoms with E-state index >= 15 is 0 Å². The minimum Gasteiger partial charge on any atom is -0.490 e. The van der Waals surface area contributed by atoms with Gasteiger partial charge >= 0.3 is 0 Å². The van der Waals surface area contributed by atoms with Crippen molar-refractivity contribution < 1.29 is 19.1 Å². The Bertz CT molecular complexity index is 1970. The summed E-state index contributed by atoms with van der Waals surface area (Å²) in [6.07, 6.45) is 11.9. The minimum absolute atomic E-state index is 0.0265. The van der Waals surface area contributed by atoms with Gasteiger partial charge in [0, 0.05) is 65.6 Å². The number of carbonyl (C=O) groups excluding carboxylic acids is 2. The van der Waals surface area contributed by atoms with Crippen LogP contribution in [-0.4, -0.2) is 107 Å². The summed E-state index contributed by atoms with van der Waals surface area (Å²) in [5.74, 6) is 1.33. The van der Waals surface area contributed by atoms with E-state index in [1.165, 1.54) is 0 Å². The van der Waals surface area contributed by atoms with Gasteiger partial charge in [0.05, 0.1) is 59.6 Å². The van der Waals surface area contributed by atoms with Crippen molar-refractivity contribution >= 4 is 52.5 Å². The van der Waals surface area contributed by atoms with Crippen molar-refractivity contribution in [1.82, 2.24) is 31.3 Å². The Kier molecular flexibility index (Phi) is 16.9. The van der Waals surface area contributed by atoms with Crippen LogP contribution in [0, 0.1) is 29.1 Å². The maximum atomic E-state index is 13.5. The van der Waals surface area contributed by atoms with Crippen molar-refractivity contribution in [2.45, 2.75) is 146 Å². The zero-order valence-electron chi connectivity index (χ0n) is 37.4. The molecule has 2 amide bonds. The van der Waals surface area contributed by atoms with E-state index in [4.69, 9.17) is 42.9 Å². The first-order chi connectivity index (χ1) is 30.4. The molecule has 342 valence electrons. The van der Waals surface area contributed by atoms with E-state index in [9.17, 15) is 9.59 Å². The van der Waals surface area contributed by atoms with Crippen molar-refractivity contribution in [2.75, 3.05) is 26.2 Å². The molecule has 2 aromatic carbocycles. The lowest BCUT2D eigenvalue weighted by molar-refractivity contribution is -0.126. The Morgan fingerprint density at radius 3 is 2.46 bits per heavy atom. The Morgan fingerprint density at radius 1 is 1.02 bits per heavy atom. The molecule has 5 aliphatic rings. The molecule has 4 fully saturated rings. The number of thioether (sulfide) groups is 1. The normalized spacial score (nSPS) is 30.1. The molecule has 4 N–H and O–H groups in total. The molecule has 4 aliphatic heterocycles. The number of likely N-dealkylation sites (tertiary alicyclic amines) is 1. The van der Waals surface area contributed by atoms with Crippen LogP contribution in [0.15, 0.2) is 59.6 Å². The first kappa shape index (κ1) is 47.8. The number of nitrogens with zero attached hydrogens (tertiary/aromatic N) is 4. The van der Waals surface area contributed by atoms with Crippen LogP contribution in [0.1, 0.15) is 104 Å². The number of fused-ring (bicyclic) bond motifs is 3. The van der Waals surface area contributed by atoms with Gasteiger partial charge in [-0.15, -0.1) is 11.8 Å². The molecule has 3 saturated heterocycles. The molecule has 63 heavy (non-hydrogen) atoms. The number of benzene rings is 2. The molecule has 4 heterocycles. The van der Waals surface area contributed by atoms with Gasteiger partial charge in [-0.05, 0) is 101 Å². The van der Waals surface area contributed by atoms with E-state index in [1.54, 1.807) is 18.2 Å². The summed E-state index contributed by atoms with van der Waals surface area (Å²) in [6.45, 7) is 13.7. The number of aliphatic imine (C=N–C) groups is 1. The first-order valence-corrected chi connectivity index (χ1v) is 24.8. The van der Waals surface area contributed by atoms with E-state index < -0.39 is 0 Å². The Balaban J connectivity index is 0.821. The van der Waals surface area contributed by atoms with Gasteiger partial charge in [-0.1, -0.05) is 68.3 Å². The topological polar surface area (TPSA) is 143 Å². The average molecular weight is 922 g/mol. The summed E-state index contributed by atoms with van der Waals surface area (Å²) in [5.41, 5.74) is 9.50. The van der Waals surface area contributed by atoms with E-state index in [2.05, 4.69) is 89.3 Å². The number of ether oxygens (including phenoxy) is 2. The molecule has 12 nitrogen and oxygen atoms in total. The SMILES string of the molecule is C/C=C/C(CCC(C)C(=O)NC1CCC(Oc2ccc(C#N)c(Cl)c2)CC1)N1CCC(OCCNC(=O)C[C@@H]2N=C(c3ccc(Cl)cc3)C3C(C)C(C)SC3N3C(C)NNC23)CC1. The van der Waals surface area contributed by atoms with Crippen LogP contribution in [0.5, 0.6) is 5.75 Å². The molecule has 8 unspecified atom stereocenters. The molecular formula is C48H66Cl2N8O4S. The summed E-state index contributed by atoms with van der Waals surface area (Å²) in [5, 5.41) is 17.4. The second kappa shape index (κ2) is 22.3. The zero-order valence-corrected chi connectivity index (χ0v) is 39.7. The predicted molar refractivity (Wildman–Crippen MR) is 253 cm³/mol. The molecule has 1 aliphatic carbocycles. The molecule has 9 atom stereocenters. The third-order valence-electron chi connectivity index (χ3n) is 13.9. The van der Waals surface area contributed by atoms with Crippen LogP contribution in [-0.2, 0) is 14.3 Å². The Hall–Kier alpha value is -3.19. The molecule has 0 radical (unpaired) electrons. The molecule has 7 rings (SSSR count). The third-order valence-corrected chi connectivity index (χ3v) is 16.1. The summed E-state index contributed by atoms with van der Waals surface area (Å²) in [6, 6.07) is 15.4. The number of piperidine rings is 1. The van der Waals surface area contributed by atoms with Crippen LogP contribution in [0.3, 0.4) is 0 Å². The molecule has 0 aromatic heterocycles. The number of nitriles is 1. The van der Waals surface area contributed by atoms with Crippen LogP contribution in [0.25, 0.3) is 0 Å². The number of halogens is 2. The standard InChI is InChI=1S/C48H66Cl2N8O4S/c1-6-7-37(16-8-29(2)47(60)53-36-14-18-39(19-15-36)62-40-17-11-34(28-51)41(50)26-40)57-23-20-38(21-24-57)61-25-22-52-43(59)27-42-46-56-55-32(5)58(46)48-44(30(3)31(4)63-48)45(54-42)33-9-12-35(49)13-10-33/h6-7,9-13,17,26,29-32,36-39,42,44,46,48,55-56H,8,14-16,18-25,27H2,1-5H3,(H,52,59)(H,53,60)/b7-6+/t29?,30?,31?,32?,36?,37?,39?,42-,44?,46?,48?/m0/s1. The number of hydrogen-bond acceptors (Lipinski definition) is 11. The number of amides is 2. The summed E-state index contributed by atoms with van der Waals surface area (Å²) >= 11 is 14.5. The van der Waals surface area contributed by atoms with Crippen LogP contribution in [0.2, 0.25) is 10.0 Å². The Labute approximate surface area is 388 Å². The number of hydrazine groups is 1. The minimum atomic E-state index is -0.274. The summed E-state index contributed by atoms with van der Waals surface area (Å²) in [7, 11) is 0. The van der Waals surface area contributed by atoms with E-state index in [0.717, 1.165) is 75.7 Å². The maximum Gasteiger partial charge on any atom is 0.223 e. The van der Waals surface area contributed by atoms with Crippen molar-refractivity contribution in [1.29, 1.82) is 5.26 Å². The van der Waals surface area contributed by atoms with Crippen molar-refractivity contribution in [2.24, 2.45) is 22.7 Å². The van der Waals surface area contributed by atoms with E-state index in [1.807, 2.05) is 30.8 Å². The lowest BCUT2D eigenvalue weighted by Gasteiger charge is -2.37. The van der Waals surface area contributed by atoms with Crippen molar-refractivity contribution in [3.8, 4) is 11.8 Å². The lowest BCUT2D eigenvalue weighted by atomic mass is 9.84. The van der Waals surface area contributed by atoms with E-state index in [-0.39, 0.29) is 78.1 Å². The number of hydrogen-bond donors (Lipinski definition) is 4. The predicted octanol–water partition coefficient (Wildman–Crippen LogP) is 7.69.